The average molecular weight is 641 g/mol. The molecule has 5 nitrogen and oxygen atoms in total. The lowest BCUT2D eigenvalue weighted by molar-refractivity contribution is 0.671. The third kappa shape index (κ3) is 4.52. The van der Waals surface area contributed by atoms with E-state index in [0.717, 1.165) is 71.9 Å². The van der Waals surface area contributed by atoms with Crippen LogP contribution < -0.4 is 0 Å². The van der Waals surface area contributed by atoms with E-state index in [1.165, 1.54) is 5.39 Å². The quantitative estimate of drug-likeness (QED) is 0.188. The van der Waals surface area contributed by atoms with Gasteiger partial charge in [0.2, 0.25) is 0 Å². The van der Waals surface area contributed by atoms with Crippen molar-refractivity contribution in [3.8, 4) is 51.0 Å². The Hall–Kier alpha value is -6.85. The summed E-state index contributed by atoms with van der Waals surface area (Å²) in [5.41, 5.74) is 9.61. The van der Waals surface area contributed by atoms with Gasteiger partial charge in [0.05, 0.1) is 16.6 Å². The third-order valence-corrected chi connectivity index (χ3v) is 9.44. The number of aromatic nitrogens is 4. The van der Waals surface area contributed by atoms with Crippen LogP contribution in [0.1, 0.15) is 0 Å². The van der Waals surface area contributed by atoms with Gasteiger partial charge < -0.3 is 8.98 Å². The van der Waals surface area contributed by atoms with E-state index in [4.69, 9.17) is 19.4 Å². The minimum Gasteiger partial charge on any atom is -0.453 e. The second-order valence-electron chi connectivity index (χ2n) is 12.4. The number of nitrogens with zero attached hydrogens (tertiary/aromatic N) is 4. The maximum absolute atomic E-state index is 7.10. The maximum Gasteiger partial charge on any atom is 0.167 e. The van der Waals surface area contributed by atoms with Crippen molar-refractivity contribution in [2.45, 2.75) is 0 Å². The molecule has 0 unspecified atom stereocenters. The van der Waals surface area contributed by atoms with Gasteiger partial charge in [0.1, 0.15) is 5.58 Å². The second-order valence-corrected chi connectivity index (χ2v) is 12.4. The van der Waals surface area contributed by atoms with Gasteiger partial charge in [-0.05, 0) is 47.5 Å². The Morgan fingerprint density at radius 1 is 0.380 bits per heavy atom. The predicted molar refractivity (Wildman–Crippen MR) is 203 cm³/mol. The van der Waals surface area contributed by atoms with E-state index in [0.29, 0.717) is 17.5 Å². The Kier molecular flexibility index (Phi) is 6.42. The van der Waals surface area contributed by atoms with Crippen LogP contribution in [0.15, 0.2) is 174 Å². The van der Waals surface area contributed by atoms with E-state index in [1.807, 2.05) is 72.8 Å². The monoisotopic (exact) mass is 640 g/mol. The molecule has 7 aromatic carbocycles. The molecule has 3 heterocycles. The Morgan fingerprint density at radius 3 is 1.58 bits per heavy atom. The van der Waals surface area contributed by atoms with Gasteiger partial charge in [-0.15, -0.1) is 0 Å². The highest BCUT2D eigenvalue weighted by atomic mass is 16.3. The number of furan rings is 1. The molecule has 0 bridgehead atoms. The van der Waals surface area contributed by atoms with Crippen LogP contribution in [0.3, 0.4) is 0 Å². The highest BCUT2D eigenvalue weighted by Gasteiger charge is 2.23. The molecule has 0 radical (unpaired) electrons. The molecule has 0 atom stereocenters. The minimum absolute atomic E-state index is 0.555. The van der Waals surface area contributed by atoms with Gasteiger partial charge in [0.15, 0.2) is 23.1 Å². The van der Waals surface area contributed by atoms with Crippen LogP contribution in [-0.4, -0.2) is 19.5 Å². The largest absolute Gasteiger partial charge is 0.453 e. The van der Waals surface area contributed by atoms with Gasteiger partial charge in [0.25, 0.3) is 0 Å². The summed E-state index contributed by atoms with van der Waals surface area (Å²) in [6.45, 7) is 0. The second kappa shape index (κ2) is 11.4. The van der Waals surface area contributed by atoms with Crippen LogP contribution in [-0.2, 0) is 0 Å². The molecule has 0 saturated carbocycles. The summed E-state index contributed by atoms with van der Waals surface area (Å²) in [4.78, 5) is 15.2. The first kappa shape index (κ1) is 28.2. The molecular formula is C45H28N4O. The molecule has 0 spiro atoms. The maximum atomic E-state index is 7.10. The molecule has 0 saturated heterocycles. The van der Waals surface area contributed by atoms with Gasteiger partial charge >= 0.3 is 0 Å². The summed E-state index contributed by atoms with van der Waals surface area (Å²) >= 11 is 0. The number of para-hydroxylation sites is 2. The van der Waals surface area contributed by atoms with E-state index < -0.39 is 0 Å². The standard InChI is InChI=1S/C45H28N4O/c1-5-15-29(16-6-1)32-27-37-36-26-25-35-34-23-13-14-24-39(34)49(33-21-11-4-12-22-33)40(35)42(36)50-41(37)38(28-32)45-47-43(30-17-7-2-8-18-30)46-44(48-45)31-19-9-3-10-20-31/h1-28H. The molecule has 0 aliphatic carbocycles. The first-order valence-corrected chi connectivity index (χ1v) is 16.7. The molecule has 0 amide bonds. The van der Waals surface area contributed by atoms with Crippen LogP contribution >= 0.6 is 0 Å². The molecular weight excluding hydrogens is 613 g/mol. The van der Waals surface area contributed by atoms with E-state index in [-0.39, 0.29) is 0 Å². The molecule has 50 heavy (non-hydrogen) atoms. The first-order chi connectivity index (χ1) is 24.8. The number of rotatable bonds is 5. The smallest absolute Gasteiger partial charge is 0.167 e. The van der Waals surface area contributed by atoms with Crippen molar-refractivity contribution in [2.75, 3.05) is 0 Å². The topological polar surface area (TPSA) is 56.7 Å². The molecule has 5 heteroatoms. The molecule has 234 valence electrons. The van der Waals surface area contributed by atoms with Crippen molar-refractivity contribution in [2.24, 2.45) is 0 Å². The Labute approximate surface area is 287 Å². The van der Waals surface area contributed by atoms with Gasteiger partial charge in [-0.1, -0.05) is 133 Å². The lowest BCUT2D eigenvalue weighted by Gasteiger charge is -2.10. The molecule has 0 aliphatic rings. The van der Waals surface area contributed by atoms with Crippen molar-refractivity contribution < 1.29 is 4.42 Å². The fourth-order valence-electron chi connectivity index (χ4n) is 7.12. The third-order valence-electron chi connectivity index (χ3n) is 9.44. The molecule has 10 rings (SSSR count). The van der Waals surface area contributed by atoms with Gasteiger partial charge in [-0.3, -0.25) is 0 Å². The van der Waals surface area contributed by atoms with Gasteiger partial charge in [-0.2, -0.15) is 0 Å². The summed E-state index contributed by atoms with van der Waals surface area (Å²) in [6, 6.07) is 58.5. The SMILES string of the molecule is c1ccc(-c2cc(-c3nc(-c4ccccc4)nc(-c4ccccc4)n3)c3oc4c(ccc5c6ccccc6n(-c6ccccc6)c54)c3c2)cc1. The zero-order valence-corrected chi connectivity index (χ0v) is 26.9. The van der Waals surface area contributed by atoms with Crippen molar-refractivity contribution in [3.63, 3.8) is 0 Å². The minimum atomic E-state index is 0.555. The van der Waals surface area contributed by atoms with Crippen molar-refractivity contribution >= 4 is 43.7 Å². The molecule has 3 aromatic heterocycles. The lowest BCUT2D eigenvalue weighted by Crippen LogP contribution is -2.00. The van der Waals surface area contributed by atoms with Crippen LogP contribution in [0.2, 0.25) is 0 Å². The fraction of sp³-hybridized carbons (Fsp3) is 0. The molecule has 10 aromatic rings. The predicted octanol–water partition coefficient (Wildman–Crippen LogP) is 11.5. The summed E-state index contributed by atoms with van der Waals surface area (Å²) in [5, 5.41) is 4.35. The number of hydrogen-bond acceptors (Lipinski definition) is 4. The van der Waals surface area contributed by atoms with E-state index in [1.54, 1.807) is 0 Å². The fourth-order valence-corrected chi connectivity index (χ4v) is 7.12. The van der Waals surface area contributed by atoms with Crippen molar-refractivity contribution in [3.05, 3.63) is 170 Å². The van der Waals surface area contributed by atoms with Gasteiger partial charge in [0, 0.05) is 38.4 Å². The molecule has 0 fully saturated rings. The van der Waals surface area contributed by atoms with E-state index >= 15 is 0 Å². The van der Waals surface area contributed by atoms with E-state index in [2.05, 4.69) is 102 Å². The lowest BCUT2D eigenvalue weighted by atomic mass is 9.98. The van der Waals surface area contributed by atoms with Crippen LogP contribution in [0, 0.1) is 0 Å². The summed E-state index contributed by atoms with van der Waals surface area (Å²) < 4.78 is 9.42. The van der Waals surface area contributed by atoms with Crippen molar-refractivity contribution in [1.82, 2.24) is 19.5 Å². The number of hydrogen-bond donors (Lipinski definition) is 0. The number of fused-ring (bicyclic) bond motifs is 7. The van der Waals surface area contributed by atoms with Crippen molar-refractivity contribution in [1.29, 1.82) is 0 Å². The molecule has 0 aliphatic heterocycles. The van der Waals surface area contributed by atoms with Gasteiger partial charge in [-0.25, -0.2) is 15.0 Å². The first-order valence-electron chi connectivity index (χ1n) is 16.7. The zero-order valence-electron chi connectivity index (χ0n) is 26.9. The normalized spacial score (nSPS) is 11.6. The highest BCUT2D eigenvalue weighted by Crippen LogP contribution is 2.44. The van der Waals surface area contributed by atoms with Crippen LogP contribution in [0.5, 0.6) is 0 Å². The van der Waals surface area contributed by atoms with E-state index in [9.17, 15) is 0 Å². The zero-order chi connectivity index (χ0) is 33.0. The summed E-state index contributed by atoms with van der Waals surface area (Å²) in [6.07, 6.45) is 0. The number of benzene rings is 7. The Bertz CT molecular complexity index is 2780. The summed E-state index contributed by atoms with van der Waals surface area (Å²) in [7, 11) is 0. The van der Waals surface area contributed by atoms with Crippen LogP contribution in [0.4, 0.5) is 0 Å². The Balaban J connectivity index is 1.33. The molecule has 0 N–H and O–H groups in total. The van der Waals surface area contributed by atoms with Crippen LogP contribution in [0.25, 0.3) is 94.7 Å². The summed E-state index contributed by atoms with van der Waals surface area (Å²) in [5.74, 6) is 1.77. The Morgan fingerprint density at radius 2 is 0.920 bits per heavy atom. The average Bonchev–Trinajstić information content (AvgIpc) is 3.75. The highest BCUT2D eigenvalue weighted by molar-refractivity contribution is 6.23.